The van der Waals surface area contributed by atoms with Gasteiger partial charge in [0.05, 0.1) is 0 Å². The van der Waals surface area contributed by atoms with E-state index in [0.717, 1.165) is 17.8 Å². The molecule has 2 aliphatic carbocycles. The molecule has 2 saturated carbocycles. The van der Waals surface area contributed by atoms with Crippen LogP contribution in [-0.2, 0) is 0 Å². The monoisotopic (exact) mass is 152 g/mol. The van der Waals surface area contributed by atoms with Crippen LogP contribution in [0.5, 0.6) is 0 Å². The zero-order valence-corrected chi connectivity index (χ0v) is 7.68. The topological polar surface area (TPSA) is 0 Å². The summed E-state index contributed by atoms with van der Waals surface area (Å²) in [4.78, 5) is 0. The van der Waals surface area contributed by atoms with Crippen molar-refractivity contribution in [3.05, 3.63) is 0 Å². The summed E-state index contributed by atoms with van der Waals surface area (Å²) in [5.74, 6) is 3.34. The van der Waals surface area contributed by atoms with Gasteiger partial charge in [0.1, 0.15) is 0 Å². The van der Waals surface area contributed by atoms with Crippen molar-refractivity contribution >= 4 is 0 Å². The van der Waals surface area contributed by atoms with E-state index in [9.17, 15) is 0 Å². The first-order valence-corrected chi connectivity index (χ1v) is 5.36. The molecular formula is C11H20. The first-order valence-electron chi connectivity index (χ1n) is 5.36. The normalized spacial score (nSPS) is 36.8. The Morgan fingerprint density at radius 3 is 2.27 bits per heavy atom. The van der Waals surface area contributed by atoms with Gasteiger partial charge in [-0.1, -0.05) is 45.4 Å². The largest absolute Gasteiger partial charge is 0.0622 e. The summed E-state index contributed by atoms with van der Waals surface area (Å²) in [6.45, 7) is 2.42. The lowest BCUT2D eigenvalue weighted by Gasteiger charge is -2.33. The molecule has 0 aliphatic heterocycles. The van der Waals surface area contributed by atoms with Gasteiger partial charge in [-0.25, -0.2) is 0 Å². The van der Waals surface area contributed by atoms with Gasteiger partial charge in [-0.3, -0.25) is 0 Å². The Hall–Kier alpha value is 0. The lowest BCUT2D eigenvalue weighted by Crippen LogP contribution is -2.22. The van der Waals surface area contributed by atoms with Gasteiger partial charge in [0.25, 0.3) is 0 Å². The molecule has 64 valence electrons. The summed E-state index contributed by atoms with van der Waals surface area (Å²) in [5, 5.41) is 0. The van der Waals surface area contributed by atoms with E-state index in [1.165, 1.54) is 25.7 Å². The number of hydrogen-bond acceptors (Lipinski definition) is 0. The highest BCUT2D eigenvalue weighted by Gasteiger charge is 2.27. The maximum absolute atomic E-state index is 2.42. The Morgan fingerprint density at radius 1 is 1.00 bits per heavy atom. The third-order valence-corrected chi connectivity index (χ3v) is 3.68. The van der Waals surface area contributed by atoms with Crippen molar-refractivity contribution in [2.75, 3.05) is 0 Å². The molecule has 0 aromatic carbocycles. The molecule has 2 aliphatic rings. The van der Waals surface area contributed by atoms with E-state index in [1.54, 1.807) is 19.3 Å². The average molecular weight is 152 g/mol. The van der Waals surface area contributed by atoms with E-state index in [0.29, 0.717) is 0 Å². The molecule has 0 radical (unpaired) electrons. The van der Waals surface area contributed by atoms with Gasteiger partial charge in [-0.15, -0.1) is 0 Å². The van der Waals surface area contributed by atoms with Crippen LogP contribution in [0, 0.1) is 17.8 Å². The molecule has 2 fully saturated rings. The number of hydrogen-bond donors (Lipinski definition) is 0. The van der Waals surface area contributed by atoms with Gasteiger partial charge in [0, 0.05) is 0 Å². The zero-order valence-electron chi connectivity index (χ0n) is 7.68. The highest BCUT2D eigenvalue weighted by molar-refractivity contribution is 4.79. The predicted molar refractivity (Wildman–Crippen MR) is 48.5 cm³/mol. The first kappa shape index (κ1) is 7.64. The summed E-state index contributed by atoms with van der Waals surface area (Å²) in [5.41, 5.74) is 0. The second-order valence-electron chi connectivity index (χ2n) is 4.69. The molecule has 0 aromatic heterocycles. The standard InChI is InChI=1S/C11H20/c1-9-5-8-11(9)4-2-3-10-6-7-10/h9-11H,2-8H2,1H3. The van der Waals surface area contributed by atoms with Crippen LogP contribution in [0.3, 0.4) is 0 Å². The van der Waals surface area contributed by atoms with E-state index in [4.69, 9.17) is 0 Å². The molecule has 11 heavy (non-hydrogen) atoms. The van der Waals surface area contributed by atoms with Gasteiger partial charge in [-0.2, -0.15) is 0 Å². The Morgan fingerprint density at radius 2 is 1.82 bits per heavy atom. The second-order valence-corrected chi connectivity index (χ2v) is 4.69. The van der Waals surface area contributed by atoms with Gasteiger partial charge in [0.15, 0.2) is 0 Å². The van der Waals surface area contributed by atoms with Gasteiger partial charge in [-0.05, 0) is 24.2 Å². The van der Waals surface area contributed by atoms with Crippen molar-refractivity contribution in [3.63, 3.8) is 0 Å². The van der Waals surface area contributed by atoms with Gasteiger partial charge >= 0.3 is 0 Å². The molecule has 0 spiro atoms. The zero-order chi connectivity index (χ0) is 7.68. The minimum atomic E-state index is 1.06. The van der Waals surface area contributed by atoms with Crippen molar-refractivity contribution in [1.29, 1.82) is 0 Å². The van der Waals surface area contributed by atoms with Gasteiger partial charge in [0.2, 0.25) is 0 Å². The highest BCUT2D eigenvalue weighted by atomic mass is 14.3. The fourth-order valence-corrected chi connectivity index (χ4v) is 2.24. The summed E-state index contributed by atoms with van der Waals surface area (Å²) >= 11 is 0. The van der Waals surface area contributed by atoms with Gasteiger partial charge < -0.3 is 0 Å². The number of rotatable bonds is 4. The Labute approximate surface area is 70.4 Å². The van der Waals surface area contributed by atoms with Crippen molar-refractivity contribution in [1.82, 2.24) is 0 Å². The SMILES string of the molecule is CC1CCC1CCCC1CC1. The molecule has 0 heteroatoms. The van der Waals surface area contributed by atoms with Crippen LogP contribution in [0.25, 0.3) is 0 Å². The van der Waals surface area contributed by atoms with E-state index in [2.05, 4.69) is 6.92 Å². The van der Waals surface area contributed by atoms with Crippen molar-refractivity contribution in [2.24, 2.45) is 17.8 Å². The molecule has 2 rings (SSSR count). The lowest BCUT2D eigenvalue weighted by molar-refractivity contribution is 0.178. The van der Waals surface area contributed by atoms with E-state index in [-0.39, 0.29) is 0 Å². The maximum atomic E-state index is 2.42. The maximum Gasteiger partial charge on any atom is -0.0388 e. The van der Waals surface area contributed by atoms with Crippen molar-refractivity contribution < 1.29 is 0 Å². The van der Waals surface area contributed by atoms with Crippen molar-refractivity contribution in [3.8, 4) is 0 Å². The van der Waals surface area contributed by atoms with E-state index < -0.39 is 0 Å². The third kappa shape index (κ3) is 1.98. The van der Waals surface area contributed by atoms with Crippen LogP contribution in [0.2, 0.25) is 0 Å². The fraction of sp³-hybridized carbons (Fsp3) is 1.00. The summed E-state index contributed by atoms with van der Waals surface area (Å²) in [6, 6.07) is 0. The quantitative estimate of drug-likeness (QED) is 0.577. The summed E-state index contributed by atoms with van der Waals surface area (Å²) in [7, 11) is 0. The molecular weight excluding hydrogens is 132 g/mol. The molecule has 2 atom stereocenters. The van der Waals surface area contributed by atoms with Crippen LogP contribution in [0.15, 0.2) is 0 Å². The van der Waals surface area contributed by atoms with Crippen LogP contribution >= 0.6 is 0 Å². The van der Waals surface area contributed by atoms with E-state index >= 15 is 0 Å². The summed E-state index contributed by atoms with van der Waals surface area (Å²) in [6.07, 6.45) is 10.7. The molecule has 0 heterocycles. The van der Waals surface area contributed by atoms with Crippen LogP contribution in [0.1, 0.15) is 51.9 Å². The first-order chi connectivity index (χ1) is 5.36. The highest BCUT2D eigenvalue weighted by Crippen LogP contribution is 2.39. The van der Waals surface area contributed by atoms with Crippen molar-refractivity contribution in [2.45, 2.75) is 51.9 Å². The van der Waals surface area contributed by atoms with E-state index in [1.807, 2.05) is 0 Å². The third-order valence-electron chi connectivity index (χ3n) is 3.68. The molecule has 2 unspecified atom stereocenters. The minimum absolute atomic E-state index is 1.06. The molecule has 0 nitrogen and oxygen atoms in total. The van der Waals surface area contributed by atoms with Crippen LogP contribution in [0.4, 0.5) is 0 Å². The average Bonchev–Trinajstić information content (AvgIpc) is 2.78. The summed E-state index contributed by atoms with van der Waals surface area (Å²) < 4.78 is 0. The fourth-order valence-electron chi connectivity index (χ4n) is 2.24. The Balaban J connectivity index is 1.51. The van der Waals surface area contributed by atoms with Crippen LogP contribution in [-0.4, -0.2) is 0 Å². The molecule has 0 saturated heterocycles. The Kier molecular flexibility index (Phi) is 2.20. The molecule has 0 aromatic rings. The lowest BCUT2D eigenvalue weighted by atomic mass is 9.72. The predicted octanol–water partition coefficient (Wildman–Crippen LogP) is 3.61. The molecule has 0 amide bonds. The molecule has 0 bridgehead atoms. The minimum Gasteiger partial charge on any atom is -0.0622 e. The Bertz CT molecular complexity index is 124. The second kappa shape index (κ2) is 3.16. The smallest absolute Gasteiger partial charge is 0.0388 e. The molecule has 0 N–H and O–H groups in total. The van der Waals surface area contributed by atoms with Crippen LogP contribution < -0.4 is 0 Å².